The number of nitrogens with zero attached hydrogens (tertiary/aromatic N) is 3. The summed E-state index contributed by atoms with van der Waals surface area (Å²) in [4.78, 5) is 11.9. The third-order valence-electron chi connectivity index (χ3n) is 3.45. The van der Waals surface area contributed by atoms with Gasteiger partial charge in [-0.25, -0.2) is 0 Å². The maximum atomic E-state index is 12.7. The van der Waals surface area contributed by atoms with Gasteiger partial charge in [0.05, 0.1) is 12.1 Å². The Kier molecular flexibility index (Phi) is 4.51. The Morgan fingerprint density at radius 3 is 2.80 bits per heavy atom. The lowest BCUT2D eigenvalue weighted by molar-refractivity contribution is -0.137. The van der Waals surface area contributed by atoms with Gasteiger partial charge in [0.1, 0.15) is 0 Å². The van der Waals surface area contributed by atoms with Gasteiger partial charge < -0.3 is 5.32 Å². The third kappa shape index (κ3) is 4.03. The Morgan fingerprint density at radius 1 is 1.16 bits per heavy atom. The van der Waals surface area contributed by atoms with Crippen LogP contribution >= 0.6 is 0 Å². The van der Waals surface area contributed by atoms with E-state index in [0.29, 0.717) is 11.5 Å². The summed E-state index contributed by atoms with van der Waals surface area (Å²) in [6.07, 6.45) is -0.138. The summed E-state index contributed by atoms with van der Waals surface area (Å²) in [7, 11) is 0. The molecule has 3 aromatic rings. The van der Waals surface area contributed by atoms with Crippen molar-refractivity contribution in [1.82, 2.24) is 19.9 Å². The molecule has 128 valence electrons. The minimum atomic E-state index is -4.42. The fraction of sp³-hybridized carbons (Fsp3) is 0.118. The summed E-state index contributed by atoms with van der Waals surface area (Å²) >= 11 is 0. The second-order valence-electron chi connectivity index (χ2n) is 5.22. The summed E-state index contributed by atoms with van der Waals surface area (Å²) in [6, 6.07) is 10.2. The highest BCUT2D eigenvalue weighted by molar-refractivity contribution is 5.91. The molecule has 0 bridgehead atoms. The molecule has 1 amide bonds. The Labute approximate surface area is 140 Å². The number of nitrogens with one attached hydrogen (secondary N) is 1. The van der Waals surface area contributed by atoms with Crippen molar-refractivity contribution in [3.05, 3.63) is 71.7 Å². The van der Waals surface area contributed by atoms with Crippen LogP contribution in [-0.4, -0.2) is 20.5 Å². The van der Waals surface area contributed by atoms with Gasteiger partial charge in [-0.2, -0.15) is 13.2 Å². The molecule has 0 atom stereocenters. The third-order valence-corrected chi connectivity index (χ3v) is 3.45. The number of rotatable bonds is 4. The Balaban J connectivity index is 1.64. The van der Waals surface area contributed by atoms with Gasteiger partial charge in [-0.1, -0.05) is 18.2 Å². The average molecular weight is 346 g/mol. The zero-order chi connectivity index (χ0) is 17.9. The number of benzene rings is 1. The smallest absolute Gasteiger partial charge is 0.345 e. The quantitative estimate of drug-likeness (QED) is 0.739. The predicted molar refractivity (Wildman–Crippen MR) is 85.3 cm³/mol. The fourth-order valence-electron chi connectivity index (χ4n) is 2.23. The molecule has 0 aliphatic heterocycles. The standard InChI is InChI=1S/C17H13F3N4O/c18-17(19,20)13-5-3-4-12(10-13)7-8-16(25)21-11-15-23-22-14-6-1-2-9-24(14)15/h1-10H,11H2,(H,21,25)/b8-7+. The molecule has 0 saturated carbocycles. The van der Waals surface area contributed by atoms with Crippen molar-refractivity contribution in [1.29, 1.82) is 0 Å². The van der Waals surface area contributed by atoms with E-state index >= 15 is 0 Å². The van der Waals surface area contributed by atoms with E-state index in [4.69, 9.17) is 0 Å². The zero-order valence-corrected chi connectivity index (χ0v) is 12.9. The van der Waals surface area contributed by atoms with Crippen LogP contribution in [0.4, 0.5) is 13.2 Å². The Bertz CT molecular complexity index is 931. The van der Waals surface area contributed by atoms with Crippen LogP contribution < -0.4 is 5.32 Å². The predicted octanol–water partition coefficient (Wildman–Crippen LogP) is 3.08. The molecule has 0 radical (unpaired) electrons. The summed E-state index contributed by atoms with van der Waals surface area (Å²) in [5, 5.41) is 10.6. The van der Waals surface area contributed by atoms with Crippen LogP contribution in [-0.2, 0) is 17.5 Å². The highest BCUT2D eigenvalue weighted by atomic mass is 19.4. The zero-order valence-electron chi connectivity index (χ0n) is 12.9. The first-order valence-electron chi connectivity index (χ1n) is 7.35. The van der Waals surface area contributed by atoms with E-state index in [2.05, 4.69) is 15.5 Å². The molecule has 0 spiro atoms. The molecular formula is C17H13F3N4O. The van der Waals surface area contributed by atoms with E-state index in [1.165, 1.54) is 24.3 Å². The van der Waals surface area contributed by atoms with E-state index in [9.17, 15) is 18.0 Å². The first-order valence-corrected chi connectivity index (χ1v) is 7.35. The van der Waals surface area contributed by atoms with Gasteiger partial charge >= 0.3 is 6.18 Å². The lowest BCUT2D eigenvalue weighted by Crippen LogP contribution is -2.21. The molecule has 3 rings (SSSR count). The van der Waals surface area contributed by atoms with Crippen molar-refractivity contribution in [2.24, 2.45) is 0 Å². The number of aromatic nitrogens is 3. The van der Waals surface area contributed by atoms with Crippen molar-refractivity contribution in [3.8, 4) is 0 Å². The van der Waals surface area contributed by atoms with Gasteiger partial charge in [-0.05, 0) is 35.9 Å². The first kappa shape index (κ1) is 16.7. The topological polar surface area (TPSA) is 59.3 Å². The van der Waals surface area contributed by atoms with E-state index < -0.39 is 17.6 Å². The number of alkyl halides is 3. The van der Waals surface area contributed by atoms with Crippen LogP contribution in [0.5, 0.6) is 0 Å². The second-order valence-corrected chi connectivity index (χ2v) is 5.22. The number of hydrogen-bond donors (Lipinski definition) is 1. The minimum absolute atomic E-state index is 0.150. The van der Waals surface area contributed by atoms with E-state index in [-0.39, 0.29) is 12.1 Å². The SMILES string of the molecule is O=C(/C=C/c1cccc(C(F)(F)F)c1)NCc1nnc2ccccn12. The largest absolute Gasteiger partial charge is 0.416 e. The second kappa shape index (κ2) is 6.76. The molecule has 5 nitrogen and oxygen atoms in total. The van der Waals surface area contributed by atoms with Gasteiger partial charge in [0, 0.05) is 12.3 Å². The highest BCUT2D eigenvalue weighted by Gasteiger charge is 2.30. The Morgan fingerprint density at radius 2 is 2.00 bits per heavy atom. The molecule has 25 heavy (non-hydrogen) atoms. The molecule has 0 fully saturated rings. The van der Waals surface area contributed by atoms with Crippen molar-refractivity contribution < 1.29 is 18.0 Å². The number of fused-ring (bicyclic) bond motifs is 1. The van der Waals surface area contributed by atoms with E-state index in [1.807, 2.05) is 12.1 Å². The summed E-state index contributed by atoms with van der Waals surface area (Å²) in [5.74, 6) is 0.113. The van der Waals surface area contributed by atoms with Crippen molar-refractivity contribution >= 4 is 17.6 Å². The maximum absolute atomic E-state index is 12.7. The number of halogens is 3. The highest BCUT2D eigenvalue weighted by Crippen LogP contribution is 2.29. The molecule has 0 saturated heterocycles. The van der Waals surface area contributed by atoms with Gasteiger partial charge in [0.2, 0.25) is 5.91 Å². The molecule has 0 aliphatic carbocycles. The fourth-order valence-corrected chi connectivity index (χ4v) is 2.23. The van der Waals surface area contributed by atoms with Crippen molar-refractivity contribution in [3.63, 3.8) is 0 Å². The Hall–Kier alpha value is -3.16. The maximum Gasteiger partial charge on any atom is 0.416 e. The molecule has 8 heteroatoms. The number of amides is 1. The van der Waals surface area contributed by atoms with Gasteiger partial charge in [0.15, 0.2) is 11.5 Å². The molecule has 1 N–H and O–H groups in total. The van der Waals surface area contributed by atoms with Crippen LogP contribution in [0.25, 0.3) is 11.7 Å². The number of pyridine rings is 1. The van der Waals surface area contributed by atoms with Crippen molar-refractivity contribution in [2.75, 3.05) is 0 Å². The van der Waals surface area contributed by atoms with Crippen LogP contribution in [0, 0.1) is 0 Å². The molecule has 1 aromatic carbocycles. The summed E-state index contributed by atoms with van der Waals surface area (Å²) in [6.45, 7) is 0.150. The molecule has 2 heterocycles. The molecule has 2 aromatic heterocycles. The van der Waals surface area contributed by atoms with Crippen LogP contribution in [0.15, 0.2) is 54.7 Å². The van der Waals surface area contributed by atoms with Gasteiger partial charge in [-0.3, -0.25) is 9.20 Å². The van der Waals surface area contributed by atoms with Crippen LogP contribution in [0.2, 0.25) is 0 Å². The average Bonchev–Trinajstić information content (AvgIpc) is 3.01. The van der Waals surface area contributed by atoms with Gasteiger partial charge in [-0.15, -0.1) is 10.2 Å². The summed E-state index contributed by atoms with van der Waals surface area (Å²) < 4.78 is 39.7. The lowest BCUT2D eigenvalue weighted by atomic mass is 10.1. The summed E-state index contributed by atoms with van der Waals surface area (Å²) in [5.41, 5.74) is 0.189. The first-order chi connectivity index (χ1) is 11.9. The number of carbonyl (C=O) groups excluding carboxylic acids is 1. The number of carbonyl (C=O) groups is 1. The molecule has 0 unspecified atom stereocenters. The monoisotopic (exact) mass is 346 g/mol. The molecular weight excluding hydrogens is 333 g/mol. The number of hydrogen-bond acceptors (Lipinski definition) is 3. The van der Waals surface area contributed by atoms with Crippen LogP contribution in [0.3, 0.4) is 0 Å². The van der Waals surface area contributed by atoms with Gasteiger partial charge in [0.25, 0.3) is 0 Å². The lowest BCUT2D eigenvalue weighted by Gasteiger charge is -2.06. The normalized spacial score (nSPS) is 12.0. The van der Waals surface area contributed by atoms with E-state index in [1.54, 1.807) is 16.7 Å². The van der Waals surface area contributed by atoms with Crippen molar-refractivity contribution in [2.45, 2.75) is 12.7 Å². The van der Waals surface area contributed by atoms with Crippen LogP contribution in [0.1, 0.15) is 17.0 Å². The van der Waals surface area contributed by atoms with E-state index in [0.717, 1.165) is 12.1 Å². The minimum Gasteiger partial charge on any atom is -0.345 e. The molecule has 0 aliphatic rings.